The number of rotatable bonds is 4. The van der Waals surface area contributed by atoms with Gasteiger partial charge in [0.2, 0.25) is 18.2 Å². The first-order valence-electron chi connectivity index (χ1n) is 7.63. The normalized spacial score (nSPS) is 23.3. The first-order valence-corrected chi connectivity index (χ1v) is 8.42. The van der Waals surface area contributed by atoms with Gasteiger partial charge in [0, 0.05) is 36.3 Å². The molecule has 1 saturated heterocycles. The van der Waals surface area contributed by atoms with Crippen LogP contribution in [0.15, 0.2) is 28.7 Å². The standard InChI is InChI=1S/C16H18BrN3O3/c17-11-2-1-3-12(8-11)18-15(22)13-9-14(13)16(23)20-6-4-19(10-21)5-7-20/h1-3,8,10,13-14H,4-7,9H2,(H,18,22). The minimum Gasteiger partial charge on any atom is -0.342 e. The first-order chi connectivity index (χ1) is 11.1. The maximum absolute atomic E-state index is 12.4. The number of carbonyl (C=O) groups is 3. The molecule has 2 fully saturated rings. The highest BCUT2D eigenvalue weighted by Gasteiger charge is 2.49. The maximum atomic E-state index is 12.4. The second-order valence-corrected chi connectivity index (χ2v) is 6.83. The number of amides is 3. The van der Waals surface area contributed by atoms with Crippen molar-refractivity contribution >= 4 is 39.8 Å². The zero-order chi connectivity index (χ0) is 16.4. The Hall–Kier alpha value is -1.89. The van der Waals surface area contributed by atoms with Crippen LogP contribution < -0.4 is 5.32 Å². The summed E-state index contributed by atoms with van der Waals surface area (Å²) in [5, 5.41) is 2.85. The molecule has 1 N–H and O–H groups in total. The van der Waals surface area contributed by atoms with Crippen LogP contribution in [-0.4, -0.2) is 54.2 Å². The van der Waals surface area contributed by atoms with Gasteiger partial charge in [0.05, 0.1) is 11.8 Å². The average molecular weight is 380 g/mol. The van der Waals surface area contributed by atoms with E-state index in [2.05, 4.69) is 21.2 Å². The summed E-state index contributed by atoms with van der Waals surface area (Å²) in [6.45, 7) is 2.23. The molecule has 0 bridgehead atoms. The van der Waals surface area contributed by atoms with Crippen LogP contribution in [0, 0.1) is 11.8 Å². The van der Waals surface area contributed by atoms with Crippen molar-refractivity contribution in [2.75, 3.05) is 31.5 Å². The molecule has 1 aliphatic carbocycles. The van der Waals surface area contributed by atoms with Crippen molar-refractivity contribution in [2.24, 2.45) is 11.8 Å². The van der Waals surface area contributed by atoms with Crippen molar-refractivity contribution in [3.8, 4) is 0 Å². The molecule has 0 radical (unpaired) electrons. The predicted molar refractivity (Wildman–Crippen MR) is 88.6 cm³/mol. The summed E-state index contributed by atoms with van der Waals surface area (Å²) in [6, 6.07) is 7.39. The summed E-state index contributed by atoms with van der Waals surface area (Å²) in [4.78, 5) is 38.7. The van der Waals surface area contributed by atoms with Crippen LogP contribution in [0.5, 0.6) is 0 Å². The molecule has 2 atom stereocenters. The summed E-state index contributed by atoms with van der Waals surface area (Å²) in [6.07, 6.45) is 1.42. The first kappa shape index (κ1) is 16.0. The number of piperazine rings is 1. The van der Waals surface area contributed by atoms with Gasteiger partial charge in [0.1, 0.15) is 0 Å². The largest absolute Gasteiger partial charge is 0.342 e. The second-order valence-electron chi connectivity index (χ2n) is 5.91. The number of carbonyl (C=O) groups excluding carboxylic acids is 3. The maximum Gasteiger partial charge on any atom is 0.228 e. The smallest absolute Gasteiger partial charge is 0.228 e. The zero-order valence-corrected chi connectivity index (χ0v) is 14.2. The Morgan fingerprint density at radius 3 is 2.57 bits per heavy atom. The van der Waals surface area contributed by atoms with E-state index in [1.54, 1.807) is 9.80 Å². The lowest BCUT2D eigenvalue weighted by atomic mass is 10.2. The van der Waals surface area contributed by atoms with Gasteiger partial charge in [-0.3, -0.25) is 14.4 Å². The van der Waals surface area contributed by atoms with Gasteiger partial charge in [-0.1, -0.05) is 22.0 Å². The number of nitrogens with zero attached hydrogens (tertiary/aromatic N) is 2. The van der Waals surface area contributed by atoms with E-state index in [1.807, 2.05) is 24.3 Å². The van der Waals surface area contributed by atoms with E-state index >= 15 is 0 Å². The molecule has 2 aliphatic rings. The lowest BCUT2D eigenvalue weighted by Gasteiger charge is -2.32. The van der Waals surface area contributed by atoms with Crippen LogP contribution in [0.4, 0.5) is 5.69 Å². The molecule has 7 heteroatoms. The molecule has 3 amide bonds. The molecular formula is C16H18BrN3O3. The Balaban J connectivity index is 1.51. The molecule has 0 spiro atoms. The van der Waals surface area contributed by atoms with Crippen LogP contribution in [0.1, 0.15) is 6.42 Å². The van der Waals surface area contributed by atoms with Crippen molar-refractivity contribution < 1.29 is 14.4 Å². The van der Waals surface area contributed by atoms with Gasteiger partial charge in [0.25, 0.3) is 0 Å². The monoisotopic (exact) mass is 379 g/mol. The highest BCUT2D eigenvalue weighted by Crippen LogP contribution is 2.41. The molecule has 0 aromatic heterocycles. The number of halogens is 1. The topological polar surface area (TPSA) is 69.7 Å². The Kier molecular flexibility index (Phi) is 4.66. The third-order valence-corrected chi connectivity index (χ3v) is 4.80. The summed E-state index contributed by atoms with van der Waals surface area (Å²) in [7, 11) is 0. The quantitative estimate of drug-likeness (QED) is 0.802. The van der Waals surface area contributed by atoms with E-state index in [0.717, 1.165) is 16.6 Å². The van der Waals surface area contributed by atoms with E-state index in [0.29, 0.717) is 32.6 Å². The molecule has 2 unspecified atom stereocenters. The second kappa shape index (κ2) is 6.70. The van der Waals surface area contributed by atoms with Gasteiger partial charge < -0.3 is 15.1 Å². The number of anilines is 1. The van der Waals surface area contributed by atoms with Crippen LogP contribution in [0.25, 0.3) is 0 Å². The third kappa shape index (κ3) is 3.72. The Bertz CT molecular complexity index is 629. The predicted octanol–water partition coefficient (Wildman–Crippen LogP) is 1.32. The molecule has 1 saturated carbocycles. The Labute approximate surface area is 142 Å². The van der Waals surface area contributed by atoms with Crippen molar-refractivity contribution in [3.63, 3.8) is 0 Å². The van der Waals surface area contributed by atoms with E-state index in [-0.39, 0.29) is 23.7 Å². The number of hydrogen-bond donors (Lipinski definition) is 1. The van der Waals surface area contributed by atoms with Gasteiger partial charge >= 0.3 is 0 Å². The average Bonchev–Trinajstić information content (AvgIpc) is 3.35. The minimum absolute atomic E-state index is 0.0324. The van der Waals surface area contributed by atoms with Crippen molar-refractivity contribution in [3.05, 3.63) is 28.7 Å². The van der Waals surface area contributed by atoms with E-state index in [4.69, 9.17) is 0 Å². The van der Waals surface area contributed by atoms with Crippen molar-refractivity contribution in [2.45, 2.75) is 6.42 Å². The molecule has 23 heavy (non-hydrogen) atoms. The van der Waals surface area contributed by atoms with E-state index < -0.39 is 0 Å². The Morgan fingerprint density at radius 1 is 1.17 bits per heavy atom. The SMILES string of the molecule is O=CN1CCN(C(=O)C2CC2C(=O)Nc2cccc(Br)c2)CC1. The summed E-state index contributed by atoms with van der Waals surface area (Å²) < 4.78 is 0.895. The molecule has 6 nitrogen and oxygen atoms in total. The van der Waals surface area contributed by atoms with Gasteiger partial charge in [-0.05, 0) is 24.6 Å². The van der Waals surface area contributed by atoms with Crippen LogP contribution >= 0.6 is 15.9 Å². The molecule has 122 valence electrons. The molecule has 3 rings (SSSR count). The molecular weight excluding hydrogens is 362 g/mol. The number of hydrogen-bond acceptors (Lipinski definition) is 3. The fourth-order valence-corrected chi connectivity index (χ4v) is 3.24. The molecule has 1 aromatic carbocycles. The summed E-state index contributed by atoms with van der Waals surface area (Å²) in [5.74, 6) is -0.534. The minimum atomic E-state index is -0.245. The highest BCUT2D eigenvalue weighted by molar-refractivity contribution is 9.10. The van der Waals surface area contributed by atoms with Gasteiger partial charge in [-0.2, -0.15) is 0 Å². The highest BCUT2D eigenvalue weighted by atomic mass is 79.9. The van der Waals surface area contributed by atoms with Crippen molar-refractivity contribution in [1.29, 1.82) is 0 Å². The van der Waals surface area contributed by atoms with Crippen LogP contribution in [-0.2, 0) is 14.4 Å². The fourth-order valence-electron chi connectivity index (χ4n) is 2.84. The van der Waals surface area contributed by atoms with Gasteiger partial charge in [-0.15, -0.1) is 0 Å². The molecule has 1 aromatic rings. The zero-order valence-electron chi connectivity index (χ0n) is 12.6. The third-order valence-electron chi connectivity index (χ3n) is 4.31. The summed E-state index contributed by atoms with van der Waals surface area (Å²) >= 11 is 3.36. The summed E-state index contributed by atoms with van der Waals surface area (Å²) in [5.41, 5.74) is 0.724. The lowest BCUT2D eigenvalue weighted by Crippen LogP contribution is -2.48. The number of nitrogens with one attached hydrogen (secondary N) is 1. The fraction of sp³-hybridized carbons (Fsp3) is 0.438. The molecule has 1 heterocycles. The van der Waals surface area contributed by atoms with Gasteiger partial charge in [-0.25, -0.2) is 0 Å². The van der Waals surface area contributed by atoms with Crippen LogP contribution in [0.3, 0.4) is 0 Å². The number of benzene rings is 1. The Morgan fingerprint density at radius 2 is 1.91 bits per heavy atom. The van der Waals surface area contributed by atoms with Crippen LogP contribution in [0.2, 0.25) is 0 Å². The van der Waals surface area contributed by atoms with Crippen molar-refractivity contribution in [1.82, 2.24) is 9.80 Å². The molecule has 1 aliphatic heterocycles. The van der Waals surface area contributed by atoms with E-state index in [1.165, 1.54) is 0 Å². The van der Waals surface area contributed by atoms with Gasteiger partial charge in [0.15, 0.2) is 0 Å². The lowest BCUT2D eigenvalue weighted by molar-refractivity contribution is -0.137. The van der Waals surface area contributed by atoms with E-state index in [9.17, 15) is 14.4 Å².